The number of furan rings is 1. The number of carbonyl (C=O) groups is 1. The van der Waals surface area contributed by atoms with Crippen LogP contribution in [0.1, 0.15) is 29.0 Å². The Kier molecular flexibility index (Phi) is 4.35. The van der Waals surface area contributed by atoms with E-state index < -0.39 is 21.7 Å². The molecule has 3 rings (SSSR count). The molecule has 1 aliphatic rings. The van der Waals surface area contributed by atoms with E-state index in [2.05, 4.69) is 5.32 Å². The average Bonchev–Trinajstić information content (AvgIpc) is 2.84. The van der Waals surface area contributed by atoms with Gasteiger partial charge in [0.1, 0.15) is 11.4 Å². The summed E-state index contributed by atoms with van der Waals surface area (Å²) in [7, 11) is -3.28. The van der Waals surface area contributed by atoms with Crippen molar-refractivity contribution in [1.29, 1.82) is 0 Å². The van der Waals surface area contributed by atoms with Gasteiger partial charge in [-0.3, -0.25) is 4.79 Å². The van der Waals surface area contributed by atoms with Crippen molar-refractivity contribution in [3.63, 3.8) is 0 Å². The zero-order valence-electron chi connectivity index (χ0n) is 13.5. The van der Waals surface area contributed by atoms with Crippen LogP contribution in [0, 0.1) is 12.7 Å². The van der Waals surface area contributed by atoms with Crippen molar-refractivity contribution < 1.29 is 22.0 Å². The van der Waals surface area contributed by atoms with Crippen LogP contribution >= 0.6 is 0 Å². The Bertz CT molecular complexity index is 891. The van der Waals surface area contributed by atoms with Crippen LogP contribution in [-0.4, -0.2) is 44.0 Å². The molecule has 1 unspecified atom stereocenters. The maximum atomic E-state index is 13.3. The zero-order valence-corrected chi connectivity index (χ0v) is 14.3. The Labute approximate surface area is 139 Å². The fourth-order valence-corrected chi connectivity index (χ4v) is 3.93. The molecule has 1 saturated heterocycles. The molecule has 0 spiro atoms. The minimum Gasteiger partial charge on any atom is -0.451 e. The lowest BCUT2D eigenvalue weighted by Gasteiger charge is -2.31. The molecule has 0 saturated carbocycles. The molecule has 0 bridgehead atoms. The third-order valence-electron chi connectivity index (χ3n) is 4.29. The van der Waals surface area contributed by atoms with Gasteiger partial charge in [0, 0.05) is 30.1 Å². The maximum Gasteiger partial charge on any atom is 0.287 e. The number of aryl methyl sites for hydroxylation is 1. The Balaban J connectivity index is 1.79. The normalized spacial score (nSPS) is 19.5. The molecule has 1 atom stereocenters. The smallest absolute Gasteiger partial charge is 0.287 e. The standard InChI is InChI=1S/C16H19FN2O4S/c1-10-13-8-11(17)5-6-14(13)23-15(10)16(20)18-12-4-3-7-19(9-12)24(2,21)22/h5-6,8,12H,3-4,7,9H2,1-2H3,(H,18,20). The number of rotatable bonds is 3. The topological polar surface area (TPSA) is 79.6 Å². The van der Waals surface area contributed by atoms with Gasteiger partial charge in [0.15, 0.2) is 5.76 Å². The van der Waals surface area contributed by atoms with E-state index in [-0.39, 0.29) is 18.3 Å². The molecule has 1 N–H and O–H groups in total. The molecule has 1 aromatic carbocycles. The number of carbonyl (C=O) groups excluding carboxylic acids is 1. The second-order valence-electron chi connectivity index (χ2n) is 6.13. The van der Waals surface area contributed by atoms with E-state index in [0.717, 1.165) is 6.26 Å². The van der Waals surface area contributed by atoms with Crippen LogP contribution in [0.2, 0.25) is 0 Å². The lowest BCUT2D eigenvalue weighted by Crippen LogP contribution is -2.49. The van der Waals surface area contributed by atoms with Crippen molar-refractivity contribution in [3.8, 4) is 0 Å². The van der Waals surface area contributed by atoms with Crippen molar-refractivity contribution in [2.24, 2.45) is 0 Å². The fourth-order valence-electron chi connectivity index (χ4n) is 3.02. The Morgan fingerprint density at radius 1 is 1.42 bits per heavy atom. The van der Waals surface area contributed by atoms with E-state index in [1.807, 2.05) is 0 Å². The first-order valence-corrected chi connectivity index (χ1v) is 9.55. The first-order valence-electron chi connectivity index (χ1n) is 7.70. The van der Waals surface area contributed by atoms with Gasteiger partial charge in [-0.15, -0.1) is 0 Å². The quantitative estimate of drug-likeness (QED) is 0.915. The summed E-state index contributed by atoms with van der Waals surface area (Å²) in [6.45, 7) is 2.41. The second kappa shape index (κ2) is 6.18. The minimum absolute atomic E-state index is 0.132. The lowest BCUT2D eigenvalue weighted by molar-refractivity contribution is 0.0894. The number of sulfonamides is 1. The van der Waals surface area contributed by atoms with Crippen LogP contribution in [0.15, 0.2) is 22.6 Å². The highest BCUT2D eigenvalue weighted by Gasteiger charge is 2.28. The summed E-state index contributed by atoms with van der Waals surface area (Å²) in [6, 6.07) is 3.82. The SMILES string of the molecule is Cc1c(C(=O)NC2CCCN(S(C)(=O)=O)C2)oc2ccc(F)cc12. The number of piperidine rings is 1. The number of hydrogen-bond donors (Lipinski definition) is 1. The highest BCUT2D eigenvalue weighted by Crippen LogP contribution is 2.26. The van der Waals surface area contributed by atoms with Crippen molar-refractivity contribution >= 4 is 26.9 Å². The molecule has 0 radical (unpaired) electrons. The van der Waals surface area contributed by atoms with Crippen LogP contribution in [0.25, 0.3) is 11.0 Å². The Hall–Kier alpha value is -1.93. The van der Waals surface area contributed by atoms with Crippen molar-refractivity contribution in [2.45, 2.75) is 25.8 Å². The van der Waals surface area contributed by atoms with Crippen LogP contribution in [0.3, 0.4) is 0 Å². The molecular formula is C16H19FN2O4S. The summed E-state index contributed by atoms with van der Waals surface area (Å²) in [5.74, 6) is -0.675. The third kappa shape index (κ3) is 3.29. The van der Waals surface area contributed by atoms with Gasteiger partial charge < -0.3 is 9.73 Å². The number of benzene rings is 1. The lowest BCUT2D eigenvalue weighted by atomic mass is 10.1. The van der Waals surface area contributed by atoms with Gasteiger partial charge in [0.05, 0.1) is 6.26 Å². The maximum absolute atomic E-state index is 13.3. The molecule has 6 nitrogen and oxygen atoms in total. The number of nitrogens with zero attached hydrogens (tertiary/aromatic N) is 1. The predicted molar refractivity (Wildman–Crippen MR) is 87.8 cm³/mol. The molecule has 0 aliphatic carbocycles. The largest absolute Gasteiger partial charge is 0.451 e. The van der Waals surface area contributed by atoms with Crippen molar-refractivity contribution in [2.75, 3.05) is 19.3 Å². The van der Waals surface area contributed by atoms with Crippen LogP contribution < -0.4 is 5.32 Å². The van der Waals surface area contributed by atoms with E-state index >= 15 is 0 Å². The monoisotopic (exact) mass is 354 g/mol. The molecule has 24 heavy (non-hydrogen) atoms. The Morgan fingerprint density at radius 2 is 2.17 bits per heavy atom. The van der Waals surface area contributed by atoms with E-state index in [1.165, 1.54) is 22.5 Å². The van der Waals surface area contributed by atoms with Gasteiger partial charge in [0.25, 0.3) is 5.91 Å². The van der Waals surface area contributed by atoms with E-state index in [1.54, 1.807) is 6.92 Å². The summed E-state index contributed by atoms with van der Waals surface area (Å²) < 4.78 is 43.6. The van der Waals surface area contributed by atoms with Gasteiger partial charge in [-0.2, -0.15) is 0 Å². The molecule has 1 aliphatic heterocycles. The molecule has 8 heteroatoms. The summed E-state index contributed by atoms with van der Waals surface area (Å²) in [5, 5.41) is 3.38. The zero-order chi connectivity index (χ0) is 17.5. The van der Waals surface area contributed by atoms with Crippen molar-refractivity contribution in [1.82, 2.24) is 9.62 Å². The molecule has 1 amide bonds. The van der Waals surface area contributed by atoms with Crippen LogP contribution in [0.5, 0.6) is 0 Å². The van der Waals surface area contributed by atoms with Gasteiger partial charge in [-0.05, 0) is 38.0 Å². The fraction of sp³-hybridized carbons (Fsp3) is 0.438. The minimum atomic E-state index is -3.28. The summed E-state index contributed by atoms with van der Waals surface area (Å²) in [4.78, 5) is 12.5. The van der Waals surface area contributed by atoms with E-state index in [4.69, 9.17) is 4.42 Å². The number of hydrogen-bond acceptors (Lipinski definition) is 4. The highest BCUT2D eigenvalue weighted by atomic mass is 32.2. The number of nitrogens with one attached hydrogen (secondary N) is 1. The molecule has 1 aromatic heterocycles. The molecule has 2 aromatic rings. The summed E-state index contributed by atoms with van der Waals surface area (Å²) in [5.41, 5.74) is 1.01. The summed E-state index contributed by atoms with van der Waals surface area (Å²) in [6.07, 6.45) is 2.54. The second-order valence-corrected chi connectivity index (χ2v) is 8.11. The van der Waals surface area contributed by atoms with Crippen LogP contribution in [-0.2, 0) is 10.0 Å². The number of amides is 1. The summed E-state index contributed by atoms with van der Waals surface area (Å²) >= 11 is 0. The number of halogens is 1. The van der Waals surface area contributed by atoms with E-state index in [0.29, 0.717) is 35.9 Å². The highest BCUT2D eigenvalue weighted by molar-refractivity contribution is 7.88. The van der Waals surface area contributed by atoms with Gasteiger partial charge in [0.2, 0.25) is 10.0 Å². The van der Waals surface area contributed by atoms with Gasteiger partial charge >= 0.3 is 0 Å². The molecule has 1 fully saturated rings. The number of fused-ring (bicyclic) bond motifs is 1. The first-order chi connectivity index (χ1) is 11.3. The molecular weight excluding hydrogens is 335 g/mol. The third-order valence-corrected chi connectivity index (χ3v) is 5.56. The van der Waals surface area contributed by atoms with E-state index in [9.17, 15) is 17.6 Å². The van der Waals surface area contributed by atoms with Crippen LogP contribution in [0.4, 0.5) is 4.39 Å². The van der Waals surface area contributed by atoms with Gasteiger partial charge in [-0.1, -0.05) is 0 Å². The van der Waals surface area contributed by atoms with Crippen molar-refractivity contribution in [3.05, 3.63) is 35.3 Å². The average molecular weight is 354 g/mol. The van der Waals surface area contributed by atoms with Gasteiger partial charge in [-0.25, -0.2) is 17.1 Å². The Morgan fingerprint density at radius 3 is 2.88 bits per heavy atom. The molecule has 2 heterocycles. The molecule has 130 valence electrons. The predicted octanol–water partition coefficient (Wildman–Crippen LogP) is 2.03. The first kappa shape index (κ1) is 16.9.